The van der Waals surface area contributed by atoms with Gasteiger partial charge in [0, 0.05) is 25.2 Å². The van der Waals surface area contributed by atoms with Crippen molar-refractivity contribution in [2.45, 2.75) is 31.8 Å². The van der Waals surface area contributed by atoms with Gasteiger partial charge in [0.05, 0.1) is 6.10 Å². The maximum Gasteiger partial charge on any atom is 0.128 e. The molecule has 1 aliphatic carbocycles. The van der Waals surface area contributed by atoms with Crippen LogP contribution in [-0.2, 0) is 0 Å². The van der Waals surface area contributed by atoms with E-state index < -0.39 is 6.10 Å². The molecule has 3 rings (SSSR count). The lowest BCUT2D eigenvalue weighted by Gasteiger charge is -2.19. The molecule has 3 atom stereocenters. The molecule has 19 heavy (non-hydrogen) atoms. The summed E-state index contributed by atoms with van der Waals surface area (Å²) in [6.07, 6.45) is 4.08. The molecule has 2 aliphatic rings. The van der Waals surface area contributed by atoms with Crippen molar-refractivity contribution in [2.24, 2.45) is 11.8 Å². The minimum absolute atomic E-state index is 0.298. The van der Waals surface area contributed by atoms with Crippen molar-refractivity contribution in [3.8, 4) is 0 Å². The van der Waals surface area contributed by atoms with Crippen LogP contribution in [0.15, 0.2) is 24.3 Å². The van der Waals surface area contributed by atoms with Crippen LogP contribution in [-0.4, -0.2) is 29.6 Å². The first kappa shape index (κ1) is 13.1. The number of fused-ring (bicyclic) bond motifs is 1. The molecule has 2 fully saturated rings. The fourth-order valence-corrected chi connectivity index (χ4v) is 3.72. The average Bonchev–Trinajstić information content (AvgIpc) is 2.97. The van der Waals surface area contributed by atoms with Crippen molar-refractivity contribution in [2.75, 3.05) is 19.6 Å². The minimum atomic E-state index is -0.679. The molecule has 0 amide bonds. The number of aliphatic hydroxyl groups is 1. The van der Waals surface area contributed by atoms with Crippen LogP contribution in [0, 0.1) is 17.7 Å². The van der Waals surface area contributed by atoms with Crippen molar-refractivity contribution < 1.29 is 9.50 Å². The summed E-state index contributed by atoms with van der Waals surface area (Å²) >= 11 is 0. The summed E-state index contributed by atoms with van der Waals surface area (Å²) in [5.74, 6) is 1.46. The van der Waals surface area contributed by atoms with E-state index in [1.54, 1.807) is 18.2 Å². The number of likely N-dealkylation sites (tertiary alicyclic amines) is 1. The van der Waals surface area contributed by atoms with Gasteiger partial charge in [-0.2, -0.15) is 0 Å². The van der Waals surface area contributed by atoms with E-state index in [4.69, 9.17) is 0 Å². The summed E-state index contributed by atoms with van der Waals surface area (Å²) in [6, 6.07) is 6.53. The molecule has 1 heterocycles. The third-order valence-electron chi connectivity index (χ3n) is 4.78. The van der Waals surface area contributed by atoms with Gasteiger partial charge in [-0.15, -0.1) is 0 Å². The van der Waals surface area contributed by atoms with Crippen molar-refractivity contribution >= 4 is 0 Å². The molecule has 2 nitrogen and oxygen atoms in total. The van der Waals surface area contributed by atoms with Crippen molar-refractivity contribution in [1.29, 1.82) is 0 Å². The van der Waals surface area contributed by atoms with Crippen LogP contribution in [0.2, 0.25) is 0 Å². The minimum Gasteiger partial charge on any atom is -0.388 e. The maximum absolute atomic E-state index is 13.6. The van der Waals surface area contributed by atoms with E-state index in [-0.39, 0.29) is 5.82 Å². The molecule has 1 saturated carbocycles. The molecular formula is C16H22FNO. The zero-order chi connectivity index (χ0) is 13.2. The standard InChI is InChI=1S/C16H22FNO/c17-15-7-2-1-6-14(15)16(19)8-9-18-10-12-4-3-5-13(12)11-18/h1-2,6-7,12-13,16,19H,3-5,8-11H2. The fourth-order valence-electron chi connectivity index (χ4n) is 3.72. The SMILES string of the molecule is OC(CCN1CC2CCCC2C1)c1ccccc1F. The van der Waals surface area contributed by atoms with Gasteiger partial charge in [-0.05, 0) is 37.2 Å². The van der Waals surface area contributed by atoms with Crippen LogP contribution in [0.5, 0.6) is 0 Å². The van der Waals surface area contributed by atoms with Crippen LogP contribution in [0.4, 0.5) is 4.39 Å². The Labute approximate surface area is 114 Å². The van der Waals surface area contributed by atoms with Crippen LogP contribution in [0.1, 0.15) is 37.4 Å². The lowest BCUT2D eigenvalue weighted by molar-refractivity contribution is 0.143. The number of halogens is 1. The van der Waals surface area contributed by atoms with Gasteiger partial charge in [-0.1, -0.05) is 24.6 Å². The number of aliphatic hydroxyl groups excluding tert-OH is 1. The molecule has 1 N–H and O–H groups in total. The van der Waals surface area contributed by atoms with E-state index in [9.17, 15) is 9.50 Å². The number of rotatable bonds is 4. The highest BCUT2D eigenvalue weighted by Crippen LogP contribution is 2.37. The molecule has 0 radical (unpaired) electrons. The van der Waals surface area contributed by atoms with Crippen LogP contribution in [0.3, 0.4) is 0 Å². The quantitative estimate of drug-likeness (QED) is 0.902. The summed E-state index contributed by atoms with van der Waals surface area (Å²) in [5.41, 5.74) is 0.432. The summed E-state index contributed by atoms with van der Waals surface area (Å²) in [7, 11) is 0. The first-order valence-corrected chi connectivity index (χ1v) is 7.39. The van der Waals surface area contributed by atoms with E-state index in [2.05, 4.69) is 4.90 Å². The van der Waals surface area contributed by atoms with E-state index in [1.807, 2.05) is 0 Å². The Morgan fingerprint density at radius 3 is 2.58 bits per heavy atom. The smallest absolute Gasteiger partial charge is 0.128 e. The first-order valence-electron chi connectivity index (χ1n) is 7.39. The van der Waals surface area contributed by atoms with Crippen LogP contribution < -0.4 is 0 Å². The first-order chi connectivity index (χ1) is 9.24. The highest BCUT2D eigenvalue weighted by Gasteiger charge is 2.35. The van der Waals surface area contributed by atoms with Crippen molar-refractivity contribution in [3.05, 3.63) is 35.6 Å². The Morgan fingerprint density at radius 1 is 1.21 bits per heavy atom. The Morgan fingerprint density at radius 2 is 1.89 bits per heavy atom. The van der Waals surface area contributed by atoms with Crippen molar-refractivity contribution in [3.63, 3.8) is 0 Å². The lowest BCUT2D eigenvalue weighted by atomic mass is 10.0. The molecule has 1 aromatic rings. The number of hydrogen-bond donors (Lipinski definition) is 1. The predicted octanol–water partition coefficient (Wildman–Crippen LogP) is 2.98. The van der Waals surface area contributed by atoms with Gasteiger partial charge in [0.1, 0.15) is 5.82 Å². The number of benzene rings is 1. The third-order valence-corrected chi connectivity index (χ3v) is 4.78. The molecule has 0 aromatic heterocycles. The highest BCUT2D eigenvalue weighted by molar-refractivity contribution is 5.19. The van der Waals surface area contributed by atoms with Gasteiger partial charge in [-0.25, -0.2) is 4.39 Å². The second-order valence-electron chi connectivity index (χ2n) is 6.04. The zero-order valence-electron chi connectivity index (χ0n) is 11.3. The van der Waals surface area contributed by atoms with E-state index >= 15 is 0 Å². The molecule has 1 aliphatic heterocycles. The lowest BCUT2D eigenvalue weighted by Crippen LogP contribution is -2.24. The maximum atomic E-state index is 13.6. The topological polar surface area (TPSA) is 23.5 Å². The molecule has 1 saturated heterocycles. The average molecular weight is 263 g/mol. The summed E-state index contributed by atoms with van der Waals surface area (Å²) in [4.78, 5) is 2.44. The Bertz CT molecular complexity index is 425. The summed E-state index contributed by atoms with van der Waals surface area (Å²) in [6.45, 7) is 3.23. The summed E-state index contributed by atoms with van der Waals surface area (Å²) < 4.78 is 13.6. The van der Waals surface area contributed by atoms with Gasteiger partial charge >= 0.3 is 0 Å². The zero-order valence-corrected chi connectivity index (χ0v) is 11.3. The van der Waals surface area contributed by atoms with Gasteiger partial charge in [-0.3, -0.25) is 0 Å². The molecule has 0 spiro atoms. The molecule has 3 heteroatoms. The van der Waals surface area contributed by atoms with Gasteiger partial charge in [0.25, 0.3) is 0 Å². The Kier molecular flexibility index (Phi) is 3.85. The van der Waals surface area contributed by atoms with Crippen molar-refractivity contribution in [1.82, 2.24) is 4.90 Å². The third kappa shape index (κ3) is 2.82. The van der Waals surface area contributed by atoms with E-state index in [0.29, 0.717) is 12.0 Å². The number of hydrogen-bond acceptors (Lipinski definition) is 2. The van der Waals surface area contributed by atoms with Gasteiger partial charge in [0.15, 0.2) is 0 Å². The van der Waals surface area contributed by atoms with E-state index in [1.165, 1.54) is 38.4 Å². The summed E-state index contributed by atoms with van der Waals surface area (Å²) in [5, 5.41) is 10.1. The fraction of sp³-hybridized carbons (Fsp3) is 0.625. The predicted molar refractivity (Wildman–Crippen MR) is 73.2 cm³/mol. The number of nitrogens with zero attached hydrogens (tertiary/aromatic N) is 1. The largest absolute Gasteiger partial charge is 0.388 e. The second-order valence-corrected chi connectivity index (χ2v) is 6.04. The Balaban J connectivity index is 1.51. The monoisotopic (exact) mass is 263 g/mol. The normalized spacial score (nSPS) is 28.5. The molecule has 104 valence electrons. The van der Waals surface area contributed by atoms with Gasteiger partial charge < -0.3 is 10.0 Å². The van der Waals surface area contributed by atoms with Crippen LogP contribution in [0.25, 0.3) is 0 Å². The van der Waals surface area contributed by atoms with Gasteiger partial charge in [0.2, 0.25) is 0 Å². The molecule has 1 aromatic carbocycles. The second kappa shape index (κ2) is 5.59. The Hall–Kier alpha value is -0.930. The molecule has 3 unspecified atom stereocenters. The molecular weight excluding hydrogens is 241 g/mol. The van der Waals surface area contributed by atoms with Crippen LogP contribution >= 0.6 is 0 Å². The molecule has 0 bridgehead atoms. The van der Waals surface area contributed by atoms with E-state index in [0.717, 1.165) is 18.4 Å². The highest BCUT2D eigenvalue weighted by atomic mass is 19.1.